The molecule has 1 saturated heterocycles. The van der Waals surface area contributed by atoms with Crippen LogP contribution in [0.4, 0.5) is 16.2 Å². The Morgan fingerprint density at radius 1 is 1.20 bits per heavy atom. The second-order valence-corrected chi connectivity index (χ2v) is 6.98. The normalized spacial score (nSPS) is 13.8. The van der Waals surface area contributed by atoms with Crippen LogP contribution in [0.25, 0.3) is 0 Å². The zero-order valence-corrected chi connectivity index (χ0v) is 15.5. The molecule has 2 aromatic carbocycles. The molecule has 3 rings (SSSR count). The molecule has 0 bridgehead atoms. The van der Waals surface area contributed by atoms with Crippen LogP contribution >= 0.6 is 11.6 Å². The maximum atomic E-state index is 12.5. The van der Waals surface area contributed by atoms with E-state index in [1.807, 2.05) is 32.2 Å². The van der Waals surface area contributed by atoms with Gasteiger partial charge in [0.1, 0.15) is 0 Å². The van der Waals surface area contributed by atoms with E-state index in [9.17, 15) is 4.79 Å². The van der Waals surface area contributed by atoms with Crippen LogP contribution in [0.2, 0.25) is 5.02 Å². The quantitative estimate of drug-likeness (QED) is 0.843. The van der Waals surface area contributed by atoms with Crippen molar-refractivity contribution in [3.63, 3.8) is 0 Å². The summed E-state index contributed by atoms with van der Waals surface area (Å²) in [6.45, 7) is 4.69. The van der Waals surface area contributed by atoms with Gasteiger partial charge in [-0.25, -0.2) is 4.79 Å². The van der Waals surface area contributed by atoms with Crippen LogP contribution in [-0.4, -0.2) is 31.1 Å². The third-order valence-electron chi connectivity index (χ3n) is 4.62. The van der Waals surface area contributed by atoms with E-state index in [1.165, 1.54) is 24.1 Å². The van der Waals surface area contributed by atoms with Gasteiger partial charge in [0, 0.05) is 43.1 Å². The third-order valence-corrected chi connectivity index (χ3v) is 5.02. The van der Waals surface area contributed by atoms with E-state index < -0.39 is 0 Å². The number of hydrogen-bond donors (Lipinski definition) is 1. The number of rotatable bonds is 4. The number of nitrogens with one attached hydrogen (secondary N) is 1. The number of aryl methyl sites for hydroxylation is 1. The van der Waals surface area contributed by atoms with Crippen molar-refractivity contribution in [1.29, 1.82) is 0 Å². The molecule has 4 nitrogen and oxygen atoms in total. The van der Waals surface area contributed by atoms with Gasteiger partial charge in [0.05, 0.1) is 0 Å². The lowest BCUT2D eigenvalue weighted by molar-refractivity contribution is 0.220. The molecular formula is C20H24ClN3O. The largest absolute Gasteiger partial charge is 0.371 e. The maximum absolute atomic E-state index is 12.5. The summed E-state index contributed by atoms with van der Waals surface area (Å²) in [5.41, 5.74) is 4.11. The van der Waals surface area contributed by atoms with Crippen molar-refractivity contribution in [3.05, 3.63) is 58.6 Å². The van der Waals surface area contributed by atoms with E-state index in [1.54, 1.807) is 11.0 Å². The highest BCUT2D eigenvalue weighted by Gasteiger charge is 2.17. The lowest BCUT2D eigenvalue weighted by atomic mass is 10.1. The van der Waals surface area contributed by atoms with E-state index in [-0.39, 0.29) is 6.03 Å². The minimum Gasteiger partial charge on any atom is -0.371 e. The molecule has 2 aromatic rings. The standard InChI is InChI=1S/C20H24ClN3O/c1-15-9-10-17(13-18(15)21)22-20(25)23(2)14-16-7-3-4-8-19(16)24-11-5-6-12-24/h3-4,7-10,13H,5-6,11-12,14H2,1-2H3,(H,22,25). The van der Waals surface area contributed by atoms with Crippen molar-refractivity contribution in [2.75, 3.05) is 30.4 Å². The molecule has 0 atom stereocenters. The van der Waals surface area contributed by atoms with Crippen LogP contribution in [0.5, 0.6) is 0 Å². The Balaban J connectivity index is 1.68. The number of benzene rings is 2. The highest BCUT2D eigenvalue weighted by Crippen LogP contribution is 2.26. The summed E-state index contributed by atoms with van der Waals surface area (Å²) < 4.78 is 0. The number of carbonyl (C=O) groups is 1. The minimum atomic E-state index is -0.142. The van der Waals surface area contributed by atoms with Gasteiger partial charge in [-0.15, -0.1) is 0 Å². The molecule has 0 spiro atoms. The molecule has 2 amide bonds. The van der Waals surface area contributed by atoms with Crippen molar-refractivity contribution >= 4 is 29.0 Å². The fourth-order valence-electron chi connectivity index (χ4n) is 3.13. The monoisotopic (exact) mass is 357 g/mol. The maximum Gasteiger partial charge on any atom is 0.321 e. The topological polar surface area (TPSA) is 35.6 Å². The van der Waals surface area contributed by atoms with Gasteiger partial charge < -0.3 is 15.1 Å². The van der Waals surface area contributed by atoms with Crippen LogP contribution in [0.3, 0.4) is 0 Å². The lowest BCUT2D eigenvalue weighted by Gasteiger charge is -2.24. The Kier molecular flexibility index (Phi) is 5.49. The second-order valence-electron chi connectivity index (χ2n) is 6.57. The highest BCUT2D eigenvalue weighted by atomic mass is 35.5. The summed E-state index contributed by atoms with van der Waals surface area (Å²) in [5, 5.41) is 3.56. The van der Waals surface area contributed by atoms with Crippen LogP contribution in [0, 0.1) is 6.92 Å². The summed E-state index contributed by atoms with van der Waals surface area (Å²) in [6, 6.07) is 13.7. The van der Waals surface area contributed by atoms with Gasteiger partial charge in [0.15, 0.2) is 0 Å². The van der Waals surface area contributed by atoms with Gasteiger partial charge in [0.2, 0.25) is 0 Å². The number of nitrogens with zero attached hydrogens (tertiary/aromatic N) is 2. The number of anilines is 2. The first kappa shape index (κ1) is 17.6. The fourth-order valence-corrected chi connectivity index (χ4v) is 3.31. The molecule has 0 aliphatic carbocycles. The van der Waals surface area contributed by atoms with Gasteiger partial charge in [-0.2, -0.15) is 0 Å². The molecule has 1 N–H and O–H groups in total. The predicted octanol–water partition coefficient (Wildman–Crippen LogP) is 4.91. The summed E-state index contributed by atoms with van der Waals surface area (Å²) in [6.07, 6.45) is 2.47. The molecule has 1 aliphatic heterocycles. The number of halogens is 1. The summed E-state index contributed by atoms with van der Waals surface area (Å²) in [5.74, 6) is 0. The number of hydrogen-bond acceptors (Lipinski definition) is 2. The van der Waals surface area contributed by atoms with Gasteiger partial charge in [0.25, 0.3) is 0 Å². The van der Waals surface area contributed by atoms with Crippen LogP contribution in [-0.2, 0) is 6.54 Å². The predicted molar refractivity (Wildman–Crippen MR) is 105 cm³/mol. The zero-order valence-electron chi connectivity index (χ0n) is 14.8. The fraction of sp³-hybridized carbons (Fsp3) is 0.350. The molecule has 1 aliphatic rings. The van der Waals surface area contributed by atoms with Gasteiger partial charge in [-0.3, -0.25) is 0 Å². The summed E-state index contributed by atoms with van der Waals surface area (Å²) in [7, 11) is 1.81. The molecule has 25 heavy (non-hydrogen) atoms. The van der Waals surface area contributed by atoms with Gasteiger partial charge in [-0.1, -0.05) is 35.9 Å². The van der Waals surface area contributed by atoms with Gasteiger partial charge >= 0.3 is 6.03 Å². The van der Waals surface area contributed by atoms with Crippen LogP contribution < -0.4 is 10.2 Å². The molecule has 1 fully saturated rings. The van der Waals surface area contributed by atoms with E-state index in [0.717, 1.165) is 18.7 Å². The highest BCUT2D eigenvalue weighted by molar-refractivity contribution is 6.31. The van der Waals surface area contributed by atoms with E-state index >= 15 is 0 Å². The van der Waals surface area contributed by atoms with Crippen LogP contribution in [0.15, 0.2) is 42.5 Å². The second kappa shape index (κ2) is 7.79. The Hall–Kier alpha value is -2.20. The van der Waals surface area contributed by atoms with Crippen molar-refractivity contribution in [2.45, 2.75) is 26.3 Å². The first-order valence-electron chi connectivity index (χ1n) is 8.66. The average Bonchev–Trinajstić information content (AvgIpc) is 3.13. The minimum absolute atomic E-state index is 0.142. The number of carbonyl (C=O) groups excluding carboxylic acids is 1. The molecular weight excluding hydrogens is 334 g/mol. The van der Waals surface area contributed by atoms with E-state index in [2.05, 4.69) is 28.4 Å². The SMILES string of the molecule is Cc1ccc(NC(=O)N(C)Cc2ccccc2N2CCCC2)cc1Cl. The Morgan fingerprint density at radius 2 is 1.92 bits per heavy atom. The molecule has 0 unspecified atom stereocenters. The lowest BCUT2D eigenvalue weighted by Crippen LogP contribution is -2.31. The summed E-state index contributed by atoms with van der Waals surface area (Å²) >= 11 is 6.13. The first-order valence-corrected chi connectivity index (χ1v) is 9.03. The number of para-hydroxylation sites is 1. The number of amides is 2. The van der Waals surface area contributed by atoms with Crippen molar-refractivity contribution in [1.82, 2.24) is 4.90 Å². The Bertz CT molecular complexity index is 756. The Morgan fingerprint density at radius 3 is 2.64 bits per heavy atom. The third kappa shape index (κ3) is 4.26. The van der Waals surface area contributed by atoms with Crippen molar-refractivity contribution < 1.29 is 4.79 Å². The van der Waals surface area contributed by atoms with Crippen LogP contribution in [0.1, 0.15) is 24.0 Å². The van der Waals surface area contributed by atoms with Crippen molar-refractivity contribution in [3.8, 4) is 0 Å². The Labute approximate surface area is 154 Å². The smallest absolute Gasteiger partial charge is 0.321 e. The van der Waals surface area contributed by atoms with Gasteiger partial charge in [-0.05, 0) is 49.1 Å². The van der Waals surface area contributed by atoms with E-state index in [4.69, 9.17) is 11.6 Å². The molecule has 132 valence electrons. The van der Waals surface area contributed by atoms with Crippen molar-refractivity contribution in [2.24, 2.45) is 0 Å². The average molecular weight is 358 g/mol. The zero-order chi connectivity index (χ0) is 17.8. The molecule has 0 radical (unpaired) electrons. The van der Waals surface area contributed by atoms with E-state index in [0.29, 0.717) is 17.3 Å². The molecule has 1 heterocycles. The summed E-state index contributed by atoms with van der Waals surface area (Å²) in [4.78, 5) is 16.6. The molecule has 5 heteroatoms. The molecule has 0 saturated carbocycles. The number of urea groups is 1. The first-order chi connectivity index (χ1) is 12.0. The molecule has 0 aromatic heterocycles.